The zero-order chi connectivity index (χ0) is 20.8. The van der Waals surface area contributed by atoms with E-state index in [0.717, 1.165) is 0 Å². The SMILES string of the molecule is CC(C)(C)OC(=O)CNC(=O)OCOP(=O)(OC(C)(C)C)OC(C)(C)C. The predicted octanol–water partition coefficient (Wildman–Crippen LogP) is 3.77. The van der Waals surface area contributed by atoms with Gasteiger partial charge in [0.15, 0.2) is 0 Å². The molecule has 0 bridgehead atoms. The van der Waals surface area contributed by atoms with Gasteiger partial charge in [0.05, 0.1) is 11.2 Å². The van der Waals surface area contributed by atoms with Crippen molar-refractivity contribution in [2.45, 2.75) is 79.1 Å². The molecule has 0 aromatic rings. The van der Waals surface area contributed by atoms with E-state index in [9.17, 15) is 14.2 Å². The summed E-state index contributed by atoms with van der Waals surface area (Å²) in [5.74, 6) is -0.617. The Morgan fingerprint density at radius 1 is 0.846 bits per heavy atom. The first kappa shape index (κ1) is 24.8. The van der Waals surface area contributed by atoms with Crippen LogP contribution in [-0.2, 0) is 32.4 Å². The second-order valence-electron chi connectivity index (χ2n) is 8.47. The summed E-state index contributed by atoms with van der Waals surface area (Å²) in [6.07, 6.45) is -0.936. The minimum absolute atomic E-state index is 0.370. The van der Waals surface area contributed by atoms with Gasteiger partial charge in [0.1, 0.15) is 12.1 Å². The lowest BCUT2D eigenvalue weighted by Gasteiger charge is -2.30. The zero-order valence-electron chi connectivity index (χ0n) is 17.1. The van der Waals surface area contributed by atoms with E-state index in [1.807, 2.05) is 0 Å². The van der Waals surface area contributed by atoms with Crippen LogP contribution in [0, 0.1) is 0 Å². The number of rotatable bonds is 7. The van der Waals surface area contributed by atoms with Gasteiger partial charge in [0.2, 0.25) is 6.79 Å². The maximum atomic E-state index is 12.7. The molecule has 10 heteroatoms. The summed E-state index contributed by atoms with van der Waals surface area (Å²) in [4.78, 5) is 23.1. The van der Waals surface area contributed by atoms with E-state index < -0.39 is 43.5 Å². The molecule has 0 fully saturated rings. The van der Waals surface area contributed by atoms with Crippen molar-refractivity contribution in [2.75, 3.05) is 13.3 Å². The van der Waals surface area contributed by atoms with Crippen LogP contribution in [0.4, 0.5) is 4.79 Å². The molecular formula is C16H32NO8P. The van der Waals surface area contributed by atoms with E-state index in [2.05, 4.69) is 5.32 Å². The first-order valence-corrected chi connectivity index (χ1v) is 9.65. The van der Waals surface area contributed by atoms with Crippen molar-refractivity contribution in [1.82, 2.24) is 5.32 Å². The molecule has 0 rings (SSSR count). The number of carbonyl (C=O) groups is 2. The number of carbonyl (C=O) groups excluding carboxylic acids is 2. The second-order valence-corrected chi connectivity index (χ2v) is 9.99. The number of phosphoric acid groups is 1. The van der Waals surface area contributed by atoms with Crippen molar-refractivity contribution in [2.24, 2.45) is 0 Å². The summed E-state index contributed by atoms with van der Waals surface area (Å²) in [7, 11) is -3.98. The van der Waals surface area contributed by atoms with E-state index in [0.29, 0.717) is 0 Å². The van der Waals surface area contributed by atoms with Gasteiger partial charge in [-0.3, -0.25) is 13.8 Å². The molecule has 9 nitrogen and oxygen atoms in total. The molecule has 0 aliphatic rings. The molecule has 1 N–H and O–H groups in total. The maximum absolute atomic E-state index is 12.7. The molecule has 0 aromatic carbocycles. The zero-order valence-corrected chi connectivity index (χ0v) is 18.0. The van der Waals surface area contributed by atoms with Crippen LogP contribution >= 0.6 is 7.82 Å². The molecule has 0 aliphatic carbocycles. The van der Waals surface area contributed by atoms with Gasteiger partial charge in [-0.1, -0.05) is 0 Å². The van der Waals surface area contributed by atoms with E-state index in [4.69, 9.17) is 23.0 Å². The highest BCUT2D eigenvalue weighted by Gasteiger charge is 2.37. The first-order chi connectivity index (χ1) is 11.4. The van der Waals surface area contributed by atoms with Gasteiger partial charge in [-0.15, -0.1) is 0 Å². The van der Waals surface area contributed by atoms with E-state index in [1.165, 1.54) is 0 Å². The summed E-state index contributed by atoms with van der Waals surface area (Å²) >= 11 is 0. The lowest BCUT2D eigenvalue weighted by atomic mass is 10.2. The third-order valence-electron chi connectivity index (χ3n) is 1.97. The van der Waals surface area contributed by atoms with E-state index >= 15 is 0 Å². The van der Waals surface area contributed by atoms with Crippen LogP contribution in [0.15, 0.2) is 0 Å². The Kier molecular flexibility index (Phi) is 8.76. The summed E-state index contributed by atoms with van der Waals surface area (Å²) < 4.78 is 38.2. The molecule has 0 radical (unpaired) electrons. The molecule has 0 saturated heterocycles. The van der Waals surface area contributed by atoms with Crippen LogP contribution in [0.5, 0.6) is 0 Å². The Morgan fingerprint density at radius 2 is 1.31 bits per heavy atom. The topological polar surface area (TPSA) is 109 Å². The molecule has 0 aromatic heterocycles. The average molecular weight is 397 g/mol. The van der Waals surface area contributed by atoms with Crippen molar-refractivity contribution in [1.29, 1.82) is 0 Å². The fraction of sp³-hybridized carbons (Fsp3) is 0.875. The van der Waals surface area contributed by atoms with Crippen molar-refractivity contribution in [3.8, 4) is 0 Å². The third kappa shape index (κ3) is 14.1. The number of hydrogen-bond acceptors (Lipinski definition) is 8. The van der Waals surface area contributed by atoms with Crippen molar-refractivity contribution in [3.63, 3.8) is 0 Å². The highest BCUT2D eigenvalue weighted by molar-refractivity contribution is 7.48. The summed E-state index contributed by atoms with van der Waals surface area (Å²) in [5.41, 5.74) is -2.27. The Hall–Kier alpha value is -1.15. The monoisotopic (exact) mass is 397 g/mol. The summed E-state index contributed by atoms with van der Waals surface area (Å²) in [6, 6.07) is 0. The van der Waals surface area contributed by atoms with Crippen LogP contribution in [0.2, 0.25) is 0 Å². The smallest absolute Gasteiger partial charge is 0.459 e. The number of phosphoric ester groups is 1. The number of alkyl carbamates (subject to hydrolysis) is 1. The molecule has 0 saturated carbocycles. The van der Waals surface area contributed by atoms with Crippen LogP contribution in [0.1, 0.15) is 62.3 Å². The fourth-order valence-electron chi connectivity index (χ4n) is 1.46. The molecule has 26 heavy (non-hydrogen) atoms. The van der Waals surface area contributed by atoms with Gasteiger partial charge in [-0.25, -0.2) is 13.9 Å². The Labute approximate surface area is 155 Å². The standard InChI is InChI=1S/C16H32NO8P/c1-14(2,3)23-12(18)10-17-13(19)21-11-22-26(20,24-15(4,5)6)25-16(7,8)9/h10-11H2,1-9H3,(H,17,19). The molecule has 0 spiro atoms. The maximum Gasteiger partial charge on any atom is 0.478 e. The Morgan fingerprint density at radius 3 is 1.69 bits per heavy atom. The van der Waals surface area contributed by atoms with Crippen molar-refractivity contribution < 1.29 is 37.2 Å². The molecular weight excluding hydrogens is 365 g/mol. The van der Waals surface area contributed by atoms with E-state index in [-0.39, 0.29) is 6.54 Å². The van der Waals surface area contributed by atoms with Gasteiger partial charge >= 0.3 is 19.9 Å². The van der Waals surface area contributed by atoms with Crippen LogP contribution < -0.4 is 5.32 Å². The molecule has 0 aliphatic heterocycles. The number of ether oxygens (including phenoxy) is 2. The van der Waals surface area contributed by atoms with Gasteiger partial charge in [-0.2, -0.15) is 0 Å². The van der Waals surface area contributed by atoms with Crippen LogP contribution in [-0.4, -0.2) is 42.2 Å². The fourth-order valence-corrected chi connectivity index (χ4v) is 3.13. The predicted molar refractivity (Wildman–Crippen MR) is 95.6 cm³/mol. The molecule has 1 amide bonds. The molecule has 0 heterocycles. The van der Waals surface area contributed by atoms with Crippen LogP contribution in [0.25, 0.3) is 0 Å². The molecule has 0 unspecified atom stereocenters. The number of hydrogen-bond donors (Lipinski definition) is 1. The minimum Gasteiger partial charge on any atom is -0.459 e. The molecule has 154 valence electrons. The van der Waals surface area contributed by atoms with Gasteiger partial charge in [0.25, 0.3) is 0 Å². The number of esters is 1. The lowest BCUT2D eigenvalue weighted by molar-refractivity contribution is -0.153. The van der Waals surface area contributed by atoms with Crippen LogP contribution in [0.3, 0.4) is 0 Å². The minimum atomic E-state index is -3.98. The van der Waals surface area contributed by atoms with Gasteiger partial charge in [-0.05, 0) is 62.3 Å². The van der Waals surface area contributed by atoms with Gasteiger partial charge < -0.3 is 14.8 Å². The second kappa shape index (κ2) is 9.17. The Bertz CT molecular complexity index is 508. The average Bonchev–Trinajstić information content (AvgIpc) is 2.29. The third-order valence-corrected chi connectivity index (χ3v) is 3.93. The van der Waals surface area contributed by atoms with Crippen molar-refractivity contribution in [3.05, 3.63) is 0 Å². The number of amides is 1. The number of nitrogens with one attached hydrogen (secondary N) is 1. The summed E-state index contributed by atoms with van der Waals surface area (Å²) in [6.45, 7) is 14.2. The largest absolute Gasteiger partial charge is 0.478 e. The van der Waals surface area contributed by atoms with E-state index in [1.54, 1.807) is 62.3 Å². The lowest BCUT2D eigenvalue weighted by Crippen LogP contribution is -2.35. The van der Waals surface area contributed by atoms with Crippen molar-refractivity contribution >= 4 is 19.9 Å². The Balaban J connectivity index is 4.51. The normalized spacial score (nSPS) is 13.3. The quantitative estimate of drug-likeness (QED) is 0.393. The summed E-state index contributed by atoms with van der Waals surface area (Å²) in [5, 5.41) is 2.20. The van der Waals surface area contributed by atoms with Gasteiger partial charge in [0, 0.05) is 0 Å². The first-order valence-electron chi connectivity index (χ1n) is 8.19. The highest BCUT2D eigenvalue weighted by Crippen LogP contribution is 2.55. The molecule has 0 atom stereocenters. The highest BCUT2D eigenvalue weighted by atomic mass is 31.2.